The maximum Gasteiger partial charge on any atom is 0.330 e. The van der Waals surface area contributed by atoms with E-state index in [2.05, 4.69) is 15.0 Å². The van der Waals surface area contributed by atoms with Crippen LogP contribution >= 0.6 is 11.3 Å². The van der Waals surface area contributed by atoms with E-state index >= 15 is 0 Å². The van der Waals surface area contributed by atoms with Gasteiger partial charge in [0.05, 0.1) is 11.4 Å². The van der Waals surface area contributed by atoms with Crippen molar-refractivity contribution in [1.82, 2.24) is 19.5 Å². The summed E-state index contributed by atoms with van der Waals surface area (Å²) in [6.07, 6.45) is 3.90. The number of H-pyrrole nitrogens is 1. The summed E-state index contributed by atoms with van der Waals surface area (Å²) < 4.78 is 1.33. The van der Waals surface area contributed by atoms with Crippen LogP contribution in [-0.4, -0.2) is 32.0 Å². The molecule has 0 aliphatic carbocycles. The predicted molar refractivity (Wildman–Crippen MR) is 132 cm³/mol. The van der Waals surface area contributed by atoms with E-state index in [9.17, 15) is 14.4 Å². The lowest BCUT2D eigenvalue weighted by Gasteiger charge is -2.25. The smallest absolute Gasteiger partial charge is 0.330 e. The van der Waals surface area contributed by atoms with Gasteiger partial charge < -0.3 is 5.73 Å². The van der Waals surface area contributed by atoms with Crippen LogP contribution in [0.25, 0.3) is 10.7 Å². The van der Waals surface area contributed by atoms with E-state index in [1.165, 1.54) is 20.8 Å². The summed E-state index contributed by atoms with van der Waals surface area (Å²) in [4.78, 5) is 51.9. The van der Waals surface area contributed by atoms with Crippen molar-refractivity contribution >= 4 is 28.7 Å². The summed E-state index contributed by atoms with van der Waals surface area (Å²) in [6, 6.07) is 5.50. The van der Waals surface area contributed by atoms with Gasteiger partial charge in [-0.1, -0.05) is 33.3 Å². The van der Waals surface area contributed by atoms with Crippen molar-refractivity contribution in [2.24, 2.45) is 5.92 Å². The highest BCUT2D eigenvalue weighted by Crippen LogP contribution is 2.29. The Morgan fingerprint density at radius 3 is 2.70 bits per heavy atom. The third-order valence-electron chi connectivity index (χ3n) is 5.27. The molecule has 3 aromatic heterocycles. The SMILES string of the molecule is CCCCn1c(N)c(N(CCC(C)C)C(=O)c2sc(-c3ccccn3)nc2C)c(=O)[nH]c1=O. The van der Waals surface area contributed by atoms with Crippen LogP contribution in [0.4, 0.5) is 11.5 Å². The molecule has 0 fully saturated rings. The minimum Gasteiger partial charge on any atom is -0.383 e. The molecule has 33 heavy (non-hydrogen) atoms. The third kappa shape index (κ3) is 5.39. The molecule has 0 unspecified atom stereocenters. The first-order valence-corrected chi connectivity index (χ1v) is 11.9. The second-order valence-corrected chi connectivity index (χ2v) is 9.29. The number of aromatic nitrogens is 4. The van der Waals surface area contributed by atoms with E-state index in [-0.39, 0.29) is 24.0 Å². The number of thiazole rings is 1. The zero-order chi connectivity index (χ0) is 24.1. The molecule has 176 valence electrons. The maximum atomic E-state index is 13.7. The number of hydrogen-bond donors (Lipinski definition) is 2. The Balaban J connectivity index is 2.10. The highest BCUT2D eigenvalue weighted by atomic mass is 32.1. The largest absolute Gasteiger partial charge is 0.383 e. The summed E-state index contributed by atoms with van der Waals surface area (Å²) in [5.74, 6) is -0.0783. The van der Waals surface area contributed by atoms with Crippen LogP contribution in [0.3, 0.4) is 0 Å². The number of rotatable bonds is 9. The molecule has 9 nitrogen and oxygen atoms in total. The molecule has 0 spiro atoms. The molecular weight excluding hydrogens is 440 g/mol. The highest BCUT2D eigenvalue weighted by molar-refractivity contribution is 7.17. The van der Waals surface area contributed by atoms with Gasteiger partial charge in [-0.05, 0) is 37.8 Å². The number of aryl methyl sites for hydroxylation is 1. The van der Waals surface area contributed by atoms with Crippen molar-refractivity contribution in [3.63, 3.8) is 0 Å². The average molecular weight is 471 g/mol. The Bertz CT molecular complexity index is 1230. The molecule has 0 aromatic carbocycles. The number of carbonyl (C=O) groups excluding carboxylic acids is 1. The molecule has 0 saturated carbocycles. The Morgan fingerprint density at radius 1 is 1.30 bits per heavy atom. The first-order valence-electron chi connectivity index (χ1n) is 11.1. The van der Waals surface area contributed by atoms with Crippen LogP contribution < -0.4 is 21.9 Å². The number of pyridine rings is 1. The van der Waals surface area contributed by atoms with Crippen molar-refractivity contribution in [3.8, 4) is 10.7 Å². The zero-order valence-corrected chi connectivity index (χ0v) is 20.2. The van der Waals surface area contributed by atoms with Crippen LogP contribution in [0, 0.1) is 12.8 Å². The molecule has 0 aliphatic rings. The van der Waals surface area contributed by atoms with Gasteiger partial charge in [-0.25, -0.2) is 9.78 Å². The van der Waals surface area contributed by atoms with Gasteiger partial charge in [0.25, 0.3) is 11.5 Å². The van der Waals surface area contributed by atoms with E-state index < -0.39 is 11.2 Å². The monoisotopic (exact) mass is 470 g/mol. The van der Waals surface area contributed by atoms with Crippen LogP contribution in [-0.2, 0) is 6.54 Å². The fourth-order valence-electron chi connectivity index (χ4n) is 3.39. The average Bonchev–Trinajstić information content (AvgIpc) is 3.17. The number of aromatic amines is 1. The molecule has 0 radical (unpaired) electrons. The van der Waals surface area contributed by atoms with Gasteiger partial charge in [-0.3, -0.25) is 29.0 Å². The van der Waals surface area contributed by atoms with Gasteiger partial charge in [-0.15, -0.1) is 11.3 Å². The second kappa shape index (κ2) is 10.6. The summed E-state index contributed by atoms with van der Waals surface area (Å²) in [7, 11) is 0. The lowest BCUT2D eigenvalue weighted by molar-refractivity contribution is 0.0988. The number of amides is 1. The Hall–Kier alpha value is -3.27. The van der Waals surface area contributed by atoms with Gasteiger partial charge >= 0.3 is 5.69 Å². The number of hydrogen-bond acceptors (Lipinski definition) is 7. The Morgan fingerprint density at radius 2 is 2.06 bits per heavy atom. The summed E-state index contributed by atoms with van der Waals surface area (Å²) in [5.41, 5.74) is 6.29. The number of nitrogens with zero attached hydrogens (tertiary/aromatic N) is 4. The lowest BCUT2D eigenvalue weighted by atomic mass is 10.1. The fraction of sp³-hybridized carbons (Fsp3) is 0.435. The highest BCUT2D eigenvalue weighted by Gasteiger charge is 2.28. The molecule has 0 saturated heterocycles. The molecule has 1 amide bonds. The molecule has 0 bridgehead atoms. The molecular formula is C23H30N6O3S. The summed E-state index contributed by atoms with van der Waals surface area (Å²) in [5, 5.41) is 0.620. The first kappa shape index (κ1) is 24.4. The van der Waals surface area contributed by atoms with E-state index in [0.717, 1.165) is 12.8 Å². The minimum absolute atomic E-state index is 0.00132. The standard InChI is InChI=1S/C23H30N6O3S/c1-5-6-12-29-19(24)17(20(30)27-23(29)32)28(13-10-14(2)3)22(31)18-15(4)26-21(33-18)16-9-7-8-11-25-16/h7-9,11,14H,5-6,10,12-13,24H2,1-4H3,(H,27,30,32). The quantitative estimate of drug-likeness (QED) is 0.493. The van der Waals surface area contributed by atoms with Crippen LogP contribution in [0.5, 0.6) is 0 Å². The van der Waals surface area contributed by atoms with E-state index in [4.69, 9.17) is 5.73 Å². The van der Waals surface area contributed by atoms with Gasteiger partial charge in [0, 0.05) is 19.3 Å². The minimum atomic E-state index is -0.672. The van der Waals surface area contributed by atoms with Crippen molar-refractivity contribution in [2.45, 2.75) is 53.5 Å². The van der Waals surface area contributed by atoms with Crippen molar-refractivity contribution < 1.29 is 4.79 Å². The third-order valence-corrected chi connectivity index (χ3v) is 6.44. The van der Waals surface area contributed by atoms with Crippen molar-refractivity contribution in [1.29, 1.82) is 0 Å². The van der Waals surface area contributed by atoms with E-state index in [0.29, 0.717) is 40.2 Å². The van der Waals surface area contributed by atoms with E-state index in [1.54, 1.807) is 13.1 Å². The van der Waals surface area contributed by atoms with Gasteiger partial charge in [0.15, 0.2) is 5.69 Å². The van der Waals surface area contributed by atoms with Crippen molar-refractivity contribution in [3.05, 3.63) is 55.8 Å². The predicted octanol–water partition coefficient (Wildman–Crippen LogP) is 3.44. The van der Waals surface area contributed by atoms with Gasteiger partial charge in [0.2, 0.25) is 0 Å². The molecule has 0 atom stereocenters. The second-order valence-electron chi connectivity index (χ2n) is 8.29. The number of anilines is 2. The fourth-order valence-corrected chi connectivity index (χ4v) is 4.39. The van der Waals surface area contributed by atoms with Crippen LogP contribution in [0.2, 0.25) is 0 Å². The number of nitrogens with one attached hydrogen (secondary N) is 1. The number of nitrogen functional groups attached to an aromatic ring is 1. The van der Waals surface area contributed by atoms with Crippen LogP contribution in [0.1, 0.15) is 55.4 Å². The zero-order valence-electron chi connectivity index (χ0n) is 19.4. The summed E-state index contributed by atoms with van der Waals surface area (Å²) in [6.45, 7) is 8.47. The molecule has 3 heterocycles. The number of carbonyl (C=O) groups is 1. The Labute approximate surface area is 196 Å². The van der Waals surface area contributed by atoms with Gasteiger partial charge in [-0.2, -0.15) is 0 Å². The summed E-state index contributed by atoms with van der Waals surface area (Å²) >= 11 is 1.22. The first-order chi connectivity index (χ1) is 15.7. The normalized spacial score (nSPS) is 11.2. The maximum absolute atomic E-state index is 13.7. The molecule has 10 heteroatoms. The Kier molecular flexibility index (Phi) is 7.80. The van der Waals surface area contributed by atoms with E-state index in [1.807, 2.05) is 39.0 Å². The molecule has 3 rings (SSSR count). The molecule has 3 aromatic rings. The lowest BCUT2D eigenvalue weighted by Crippen LogP contribution is -2.42. The van der Waals surface area contributed by atoms with Crippen LogP contribution in [0.15, 0.2) is 34.0 Å². The number of unbranched alkanes of at least 4 members (excludes halogenated alkanes) is 1. The van der Waals surface area contributed by atoms with Crippen molar-refractivity contribution in [2.75, 3.05) is 17.2 Å². The molecule has 3 N–H and O–H groups in total. The number of nitrogens with two attached hydrogens (primary N) is 1. The van der Waals surface area contributed by atoms with Gasteiger partial charge in [0.1, 0.15) is 15.7 Å². The molecule has 0 aliphatic heterocycles. The topological polar surface area (TPSA) is 127 Å².